The van der Waals surface area contributed by atoms with E-state index in [1.54, 1.807) is 0 Å². The van der Waals surface area contributed by atoms with E-state index in [1.807, 2.05) is 0 Å². The van der Waals surface area contributed by atoms with Crippen LogP contribution in [0.2, 0.25) is 0 Å². The van der Waals surface area contributed by atoms with Gasteiger partial charge in [-0.1, -0.05) is 43.7 Å². The van der Waals surface area contributed by atoms with Gasteiger partial charge in [0.05, 0.1) is 0 Å². The van der Waals surface area contributed by atoms with Gasteiger partial charge in [0.25, 0.3) is 0 Å². The zero-order valence-electron chi connectivity index (χ0n) is 12.5. The topological polar surface area (TPSA) is 51.0 Å². The Hall–Kier alpha value is -1.68. The Balaban J connectivity index is 1.79. The first-order valence-corrected chi connectivity index (χ1v) is 7.23. The largest absolute Gasteiger partial charge is 0.425 e. The Morgan fingerprint density at radius 2 is 1.65 bits per heavy atom. The highest BCUT2D eigenvalue weighted by Gasteiger charge is 2.06. The van der Waals surface area contributed by atoms with Crippen molar-refractivity contribution in [3.8, 4) is 0 Å². The van der Waals surface area contributed by atoms with E-state index < -0.39 is 0 Å². The van der Waals surface area contributed by atoms with Crippen LogP contribution in [0.3, 0.4) is 0 Å². The van der Waals surface area contributed by atoms with Crippen LogP contribution in [-0.4, -0.2) is 22.8 Å². The van der Waals surface area contributed by atoms with E-state index in [2.05, 4.69) is 60.6 Å². The van der Waals surface area contributed by atoms with Crippen molar-refractivity contribution < 1.29 is 4.42 Å². The highest BCUT2D eigenvalue weighted by molar-refractivity contribution is 5.21. The smallest absolute Gasteiger partial charge is 0.217 e. The molecule has 1 aromatic heterocycles. The van der Waals surface area contributed by atoms with Gasteiger partial charge in [-0.25, -0.2) is 0 Å². The molecule has 1 N–H and O–H groups in total. The van der Waals surface area contributed by atoms with Crippen LogP contribution in [0.5, 0.6) is 0 Å². The molecule has 1 heterocycles. The highest BCUT2D eigenvalue weighted by Crippen LogP contribution is 2.08. The summed E-state index contributed by atoms with van der Waals surface area (Å²) >= 11 is 0. The summed E-state index contributed by atoms with van der Waals surface area (Å²) in [4.78, 5) is 0. The maximum absolute atomic E-state index is 5.65. The van der Waals surface area contributed by atoms with Gasteiger partial charge in [-0.2, -0.15) is 0 Å². The fourth-order valence-electron chi connectivity index (χ4n) is 1.96. The quantitative estimate of drug-likeness (QED) is 0.842. The Bertz CT molecular complexity index is 517. The zero-order chi connectivity index (χ0) is 14.4. The first kappa shape index (κ1) is 14.7. The molecule has 0 aliphatic rings. The van der Waals surface area contributed by atoms with Crippen molar-refractivity contribution in [2.45, 2.75) is 46.1 Å². The molecule has 2 rings (SSSR count). The summed E-state index contributed by atoms with van der Waals surface area (Å²) < 4.78 is 5.65. The molecule has 0 spiro atoms. The Labute approximate surface area is 120 Å². The molecule has 0 bridgehead atoms. The average Bonchev–Trinajstić information content (AvgIpc) is 2.86. The van der Waals surface area contributed by atoms with Crippen LogP contribution in [-0.2, 0) is 19.3 Å². The predicted molar refractivity (Wildman–Crippen MR) is 79.7 cm³/mol. The van der Waals surface area contributed by atoms with E-state index in [1.165, 1.54) is 11.1 Å². The van der Waals surface area contributed by atoms with Crippen LogP contribution in [0.1, 0.15) is 36.8 Å². The van der Waals surface area contributed by atoms with Crippen LogP contribution < -0.4 is 5.32 Å². The number of aryl methyl sites for hydroxylation is 3. The minimum absolute atomic E-state index is 0.485. The lowest BCUT2D eigenvalue weighted by Crippen LogP contribution is -2.25. The summed E-state index contributed by atoms with van der Waals surface area (Å²) in [6, 6.07) is 9.05. The van der Waals surface area contributed by atoms with Crippen molar-refractivity contribution in [2.24, 2.45) is 0 Å². The molecule has 0 aliphatic carbocycles. The molecule has 0 radical (unpaired) electrons. The molecule has 0 atom stereocenters. The van der Waals surface area contributed by atoms with Gasteiger partial charge < -0.3 is 9.73 Å². The summed E-state index contributed by atoms with van der Waals surface area (Å²) in [5, 5.41) is 11.5. The molecule has 4 nitrogen and oxygen atoms in total. The van der Waals surface area contributed by atoms with Gasteiger partial charge in [0.2, 0.25) is 11.8 Å². The van der Waals surface area contributed by atoms with Gasteiger partial charge in [-0.05, 0) is 18.9 Å². The summed E-state index contributed by atoms with van der Waals surface area (Å²) in [6.07, 6.45) is 2.52. The van der Waals surface area contributed by atoms with Crippen LogP contribution in [0.25, 0.3) is 0 Å². The molecule has 0 amide bonds. The molecule has 1 aromatic carbocycles. The maximum atomic E-state index is 5.65. The lowest BCUT2D eigenvalue weighted by atomic mass is 10.1. The second kappa shape index (κ2) is 7.20. The molecule has 4 heteroatoms. The van der Waals surface area contributed by atoms with Gasteiger partial charge >= 0.3 is 0 Å². The summed E-state index contributed by atoms with van der Waals surface area (Å²) in [5.74, 6) is 1.45. The number of nitrogens with one attached hydrogen (secondary N) is 1. The van der Waals surface area contributed by atoms with E-state index in [0.717, 1.165) is 37.6 Å². The Kier molecular flexibility index (Phi) is 5.30. The molecule has 0 saturated heterocycles. The lowest BCUT2D eigenvalue weighted by molar-refractivity contribution is 0.439. The summed E-state index contributed by atoms with van der Waals surface area (Å²) in [7, 11) is 0. The first-order chi connectivity index (χ1) is 9.63. The SMILES string of the molecule is Cc1ccc(CCc2nnc(CCNC(C)C)o2)cc1. The van der Waals surface area contributed by atoms with E-state index in [4.69, 9.17) is 4.42 Å². The third-order valence-electron chi connectivity index (χ3n) is 3.15. The molecule has 20 heavy (non-hydrogen) atoms. The van der Waals surface area contributed by atoms with E-state index >= 15 is 0 Å². The van der Waals surface area contributed by atoms with Crippen LogP contribution in [0, 0.1) is 6.92 Å². The van der Waals surface area contributed by atoms with Crippen LogP contribution in [0.4, 0.5) is 0 Å². The van der Waals surface area contributed by atoms with E-state index in [0.29, 0.717) is 6.04 Å². The summed E-state index contributed by atoms with van der Waals surface area (Å²) in [6.45, 7) is 7.22. The maximum Gasteiger partial charge on any atom is 0.217 e. The fraction of sp³-hybridized carbons (Fsp3) is 0.500. The number of nitrogens with zero attached hydrogens (tertiary/aromatic N) is 2. The fourth-order valence-corrected chi connectivity index (χ4v) is 1.96. The average molecular weight is 273 g/mol. The summed E-state index contributed by atoms with van der Waals surface area (Å²) in [5.41, 5.74) is 2.59. The minimum atomic E-state index is 0.485. The van der Waals surface area contributed by atoms with Gasteiger partial charge in [0.15, 0.2) is 0 Å². The van der Waals surface area contributed by atoms with Gasteiger partial charge in [-0.15, -0.1) is 10.2 Å². The van der Waals surface area contributed by atoms with Gasteiger partial charge in [0.1, 0.15) is 0 Å². The number of rotatable bonds is 7. The lowest BCUT2D eigenvalue weighted by Gasteiger charge is -2.04. The van der Waals surface area contributed by atoms with Crippen molar-refractivity contribution in [3.63, 3.8) is 0 Å². The second-order valence-electron chi connectivity index (χ2n) is 5.43. The second-order valence-corrected chi connectivity index (χ2v) is 5.43. The Morgan fingerprint density at radius 3 is 2.30 bits per heavy atom. The van der Waals surface area contributed by atoms with Crippen molar-refractivity contribution >= 4 is 0 Å². The van der Waals surface area contributed by atoms with Crippen LogP contribution in [0.15, 0.2) is 28.7 Å². The van der Waals surface area contributed by atoms with E-state index in [9.17, 15) is 0 Å². The molecule has 0 fully saturated rings. The van der Waals surface area contributed by atoms with Crippen LogP contribution >= 0.6 is 0 Å². The molecular weight excluding hydrogens is 250 g/mol. The first-order valence-electron chi connectivity index (χ1n) is 7.23. The van der Waals surface area contributed by atoms with E-state index in [-0.39, 0.29) is 0 Å². The Morgan fingerprint density at radius 1 is 1.00 bits per heavy atom. The molecular formula is C16H23N3O. The normalized spacial score (nSPS) is 11.2. The van der Waals surface area contributed by atoms with Gasteiger partial charge in [-0.3, -0.25) is 0 Å². The number of hydrogen-bond donors (Lipinski definition) is 1. The third-order valence-corrected chi connectivity index (χ3v) is 3.15. The zero-order valence-corrected chi connectivity index (χ0v) is 12.5. The third kappa shape index (κ3) is 4.78. The molecule has 0 aliphatic heterocycles. The minimum Gasteiger partial charge on any atom is -0.425 e. The van der Waals surface area contributed by atoms with Crippen molar-refractivity contribution in [3.05, 3.63) is 47.2 Å². The molecule has 0 saturated carbocycles. The molecule has 108 valence electrons. The monoisotopic (exact) mass is 273 g/mol. The molecule has 0 unspecified atom stereocenters. The predicted octanol–water partition coefficient (Wildman–Crippen LogP) is 2.70. The van der Waals surface area contributed by atoms with Crippen molar-refractivity contribution in [2.75, 3.05) is 6.54 Å². The highest BCUT2D eigenvalue weighted by atomic mass is 16.4. The number of benzene rings is 1. The van der Waals surface area contributed by atoms with Crippen molar-refractivity contribution in [1.82, 2.24) is 15.5 Å². The number of aromatic nitrogens is 2. The van der Waals surface area contributed by atoms with Crippen molar-refractivity contribution in [1.29, 1.82) is 0 Å². The molecule has 2 aromatic rings. The van der Waals surface area contributed by atoms with Gasteiger partial charge in [0, 0.05) is 25.4 Å². The standard InChI is InChI=1S/C16H23N3O/c1-12(2)17-11-10-16-19-18-15(20-16)9-8-14-6-4-13(3)5-7-14/h4-7,12,17H,8-11H2,1-3H3. The number of hydrogen-bond acceptors (Lipinski definition) is 4.